The standard InChI is InChI=1S/C36H54N3/c1-4-5-6-7-8-9-10-11-12-13-14-15-16-17-18-19-28-39-29-20-21-33-30-32(22-27-36(33)39)31-37-34-23-25-35(26-24-34)38(2)3/h20-27,29-31H,4-19,28H2,1-3H3/q+1. The van der Waals surface area contributed by atoms with Crippen LogP contribution in [0.15, 0.2) is 65.8 Å². The van der Waals surface area contributed by atoms with E-state index in [0.717, 1.165) is 17.8 Å². The van der Waals surface area contributed by atoms with Gasteiger partial charge in [-0.05, 0) is 54.4 Å². The Bertz CT molecular complexity index is 1080. The molecule has 0 aliphatic rings. The second-order valence-corrected chi connectivity index (χ2v) is 11.5. The van der Waals surface area contributed by atoms with Crippen LogP contribution >= 0.6 is 0 Å². The summed E-state index contributed by atoms with van der Waals surface area (Å²) in [7, 11) is 4.11. The molecule has 3 nitrogen and oxygen atoms in total. The lowest BCUT2D eigenvalue weighted by molar-refractivity contribution is -0.671. The van der Waals surface area contributed by atoms with Crippen molar-refractivity contribution in [3.63, 3.8) is 0 Å². The largest absolute Gasteiger partial charge is 0.378 e. The number of rotatable bonds is 20. The molecule has 1 heterocycles. The summed E-state index contributed by atoms with van der Waals surface area (Å²) in [5.74, 6) is 0. The molecule has 0 amide bonds. The van der Waals surface area contributed by atoms with Gasteiger partial charge in [0.05, 0.1) is 5.69 Å². The molecule has 0 saturated heterocycles. The lowest BCUT2D eigenvalue weighted by Crippen LogP contribution is -2.33. The minimum Gasteiger partial charge on any atom is -0.378 e. The number of anilines is 1. The highest BCUT2D eigenvalue weighted by atomic mass is 15.1. The fourth-order valence-electron chi connectivity index (χ4n) is 5.39. The number of fused-ring (bicyclic) bond motifs is 1. The van der Waals surface area contributed by atoms with Gasteiger partial charge >= 0.3 is 0 Å². The quantitative estimate of drug-likeness (QED) is 0.0811. The van der Waals surface area contributed by atoms with Gasteiger partial charge in [-0.15, -0.1) is 0 Å². The van der Waals surface area contributed by atoms with Gasteiger partial charge in [-0.3, -0.25) is 4.99 Å². The Morgan fingerprint density at radius 2 is 1.23 bits per heavy atom. The van der Waals surface area contributed by atoms with Gasteiger partial charge in [0, 0.05) is 49.9 Å². The van der Waals surface area contributed by atoms with Crippen molar-refractivity contribution in [3.8, 4) is 0 Å². The molecule has 0 aliphatic heterocycles. The Morgan fingerprint density at radius 3 is 1.79 bits per heavy atom. The van der Waals surface area contributed by atoms with Crippen LogP contribution in [0, 0.1) is 0 Å². The van der Waals surface area contributed by atoms with Gasteiger partial charge in [0.2, 0.25) is 5.52 Å². The molecule has 0 saturated carbocycles. The number of unbranched alkanes of at least 4 members (excludes halogenated alkanes) is 15. The molecular formula is C36H54N3+. The lowest BCUT2D eigenvalue weighted by Gasteiger charge is -2.11. The zero-order valence-corrected chi connectivity index (χ0v) is 25.2. The highest BCUT2D eigenvalue weighted by molar-refractivity contribution is 5.88. The summed E-state index contributed by atoms with van der Waals surface area (Å²) in [6.07, 6.45) is 26.8. The van der Waals surface area contributed by atoms with Crippen LogP contribution in [-0.2, 0) is 6.54 Å². The lowest BCUT2D eigenvalue weighted by atomic mass is 10.0. The molecule has 0 fully saturated rings. The van der Waals surface area contributed by atoms with Crippen LogP contribution in [-0.4, -0.2) is 20.3 Å². The second kappa shape index (κ2) is 18.6. The Balaban J connectivity index is 1.29. The number of benzene rings is 2. The maximum Gasteiger partial charge on any atom is 0.212 e. The Labute approximate surface area is 239 Å². The number of aliphatic imine (C=N–C) groups is 1. The maximum absolute atomic E-state index is 4.68. The third kappa shape index (κ3) is 11.9. The summed E-state index contributed by atoms with van der Waals surface area (Å²) < 4.78 is 2.42. The molecule has 0 aliphatic carbocycles. The predicted octanol–water partition coefficient (Wildman–Crippen LogP) is 10.2. The first-order valence-electron chi connectivity index (χ1n) is 15.9. The van der Waals surface area contributed by atoms with Crippen LogP contribution in [0.5, 0.6) is 0 Å². The van der Waals surface area contributed by atoms with E-state index in [4.69, 9.17) is 0 Å². The van der Waals surface area contributed by atoms with Gasteiger partial charge in [0.1, 0.15) is 6.54 Å². The summed E-state index contributed by atoms with van der Waals surface area (Å²) >= 11 is 0. The molecular weight excluding hydrogens is 474 g/mol. The summed E-state index contributed by atoms with van der Waals surface area (Å²) in [6.45, 7) is 3.40. The molecule has 3 heteroatoms. The number of hydrogen-bond acceptors (Lipinski definition) is 2. The topological polar surface area (TPSA) is 19.5 Å². The molecule has 1 aromatic heterocycles. The van der Waals surface area contributed by atoms with E-state index in [-0.39, 0.29) is 0 Å². The molecule has 2 aromatic carbocycles. The minimum atomic E-state index is 0.979. The van der Waals surface area contributed by atoms with E-state index in [1.807, 2.05) is 6.21 Å². The van der Waals surface area contributed by atoms with Crippen molar-refractivity contribution in [1.29, 1.82) is 0 Å². The van der Waals surface area contributed by atoms with Crippen LogP contribution in [0.4, 0.5) is 11.4 Å². The van der Waals surface area contributed by atoms with Crippen LogP contribution in [0.1, 0.15) is 115 Å². The normalized spacial score (nSPS) is 11.6. The maximum atomic E-state index is 4.68. The van der Waals surface area contributed by atoms with E-state index in [9.17, 15) is 0 Å². The Kier molecular flexibility index (Phi) is 14.7. The van der Waals surface area contributed by atoms with Crippen molar-refractivity contribution < 1.29 is 4.57 Å². The minimum absolute atomic E-state index is 0.979. The molecule has 0 N–H and O–H groups in total. The van der Waals surface area contributed by atoms with E-state index in [1.165, 1.54) is 119 Å². The second-order valence-electron chi connectivity index (χ2n) is 11.5. The molecule has 39 heavy (non-hydrogen) atoms. The van der Waals surface area contributed by atoms with Crippen molar-refractivity contribution in [3.05, 3.63) is 66.4 Å². The van der Waals surface area contributed by atoms with Gasteiger partial charge in [-0.2, -0.15) is 4.57 Å². The summed E-state index contributed by atoms with van der Waals surface area (Å²) in [4.78, 5) is 6.78. The highest BCUT2D eigenvalue weighted by Gasteiger charge is 2.08. The van der Waals surface area contributed by atoms with Gasteiger partial charge in [0.25, 0.3) is 0 Å². The monoisotopic (exact) mass is 528 g/mol. The molecule has 0 spiro atoms. The zero-order chi connectivity index (χ0) is 27.5. The van der Waals surface area contributed by atoms with E-state index >= 15 is 0 Å². The van der Waals surface area contributed by atoms with Gasteiger partial charge in [-0.1, -0.05) is 96.8 Å². The summed E-state index contributed by atoms with van der Waals surface area (Å²) in [5, 5.41) is 1.28. The molecule has 0 atom stereocenters. The van der Waals surface area contributed by atoms with Gasteiger partial charge in [0.15, 0.2) is 6.20 Å². The third-order valence-corrected chi connectivity index (χ3v) is 7.88. The van der Waals surface area contributed by atoms with Crippen molar-refractivity contribution in [2.45, 2.75) is 116 Å². The molecule has 212 valence electrons. The smallest absolute Gasteiger partial charge is 0.212 e. The van der Waals surface area contributed by atoms with Crippen LogP contribution in [0.25, 0.3) is 10.9 Å². The van der Waals surface area contributed by atoms with E-state index in [2.05, 4.69) is 96.3 Å². The Hall–Kier alpha value is -2.68. The number of aromatic nitrogens is 1. The summed E-state index contributed by atoms with van der Waals surface area (Å²) in [5.41, 5.74) is 4.62. The first-order chi connectivity index (χ1) is 19.2. The third-order valence-electron chi connectivity index (χ3n) is 7.88. The average Bonchev–Trinajstić information content (AvgIpc) is 2.96. The van der Waals surface area contributed by atoms with Crippen molar-refractivity contribution >= 4 is 28.5 Å². The molecule has 3 aromatic rings. The van der Waals surface area contributed by atoms with Crippen molar-refractivity contribution in [2.75, 3.05) is 19.0 Å². The van der Waals surface area contributed by atoms with Gasteiger partial charge < -0.3 is 4.90 Å². The SMILES string of the molecule is CCCCCCCCCCCCCCCCCC[n+]1cccc2cc(C=Nc3ccc(N(C)C)cc3)ccc21. The highest BCUT2D eigenvalue weighted by Crippen LogP contribution is 2.19. The zero-order valence-electron chi connectivity index (χ0n) is 25.2. The van der Waals surface area contributed by atoms with Crippen LogP contribution < -0.4 is 9.47 Å². The molecule has 0 bridgehead atoms. The van der Waals surface area contributed by atoms with Crippen LogP contribution in [0.3, 0.4) is 0 Å². The first-order valence-corrected chi connectivity index (χ1v) is 15.9. The fourth-order valence-corrected chi connectivity index (χ4v) is 5.39. The number of aryl methyl sites for hydroxylation is 1. The molecule has 0 unspecified atom stereocenters. The number of pyridine rings is 1. The number of hydrogen-bond donors (Lipinski definition) is 0. The van der Waals surface area contributed by atoms with Crippen molar-refractivity contribution in [2.24, 2.45) is 4.99 Å². The summed E-state index contributed by atoms with van der Waals surface area (Å²) in [6, 6.07) is 19.4. The van der Waals surface area contributed by atoms with E-state index in [0.29, 0.717) is 0 Å². The molecule has 0 radical (unpaired) electrons. The van der Waals surface area contributed by atoms with Crippen molar-refractivity contribution in [1.82, 2.24) is 0 Å². The van der Waals surface area contributed by atoms with E-state index in [1.54, 1.807) is 0 Å². The average molecular weight is 529 g/mol. The Morgan fingerprint density at radius 1 is 0.667 bits per heavy atom. The fraction of sp³-hybridized carbons (Fsp3) is 0.556. The van der Waals surface area contributed by atoms with Crippen LogP contribution in [0.2, 0.25) is 0 Å². The predicted molar refractivity (Wildman–Crippen MR) is 172 cm³/mol. The van der Waals surface area contributed by atoms with E-state index < -0.39 is 0 Å². The number of nitrogens with zero attached hydrogens (tertiary/aromatic N) is 3. The first kappa shape index (κ1) is 30.9. The van der Waals surface area contributed by atoms with Gasteiger partial charge in [-0.25, -0.2) is 0 Å². The molecule has 3 rings (SSSR count).